The fourth-order valence-corrected chi connectivity index (χ4v) is 7.97. The molecule has 0 N–H and O–H groups in total. The number of para-hydroxylation sites is 1. The molecule has 1 aliphatic rings. The zero-order valence-corrected chi connectivity index (χ0v) is 16.0. The molecule has 130 valence electrons. The Morgan fingerprint density at radius 2 is 1.70 bits per heavy atom. The first kappa shape index (κ1) is 18.6. The van der Waals surface area contributed by atoms with Crippen LogP contribution in [-0.4, -0.2) is 10.8 Å². The van der Waals surface area contributed by atoms with E-state index in [-0.39, 0.29) is 10.8 Å². The maximum atomic E-state index is 13.7. The van der Waals surface area contributed by atoms with Crippen LogP contribution in [0, 0.1) is 0 Å². The quantitative estimate of drug-likeness (QED) is 0.320. The molecule has 0 bridgehead atoms. The minimum absolute atomic E-state index is 0.0505. The van der Waals surface area contributed by atoms with Gasteiger partial charge in [-0.25, -0.2) is 0 Å². The van der Waals surface area contributed by atoms with E-state index >= 15 is 0 Å². The first-order valence-corrected chi connectivity index (χ1v) is 11.2. The van der Waals surface area contributed by atoms with Crippen molar-refractivity contribution in [3.05, 3.63) is 30.3 Å². The van der Waals surface area contributed by atoms with Gasteiger partial charge < -0.3 is 4.52 Å². The first-order chi connectivity index (χ1) is 11.1. The van der Waals surface area contributed by atoms with Gasteiger partial charge in [0.25, 0.3) is 7.37 Å². The molecule has 23 heavy (non-hydrogen) atoms. The molecule has 0 aliphatic carbocycles. The van der Waals surface area contributed by atoms with Gasteiger partial charge >= 0.3 is 0 Å². The van der Waals surface area contributed by atoms with Crippen molar-refractivity contribution in [1.82, 2.24) is 0 Å². The van der Waals surface area contributed by atoms with E-state index in [1.54, 1.807) is 0 Å². The van der Waals surface area contributed by atoms with E-state index in [0.717, 1.165) is 37.9 Å². The van der Waals surface area contributed by atoms with Crippen LogP contribution in [0.1, 0.15) is 78.6 Å². The summed E-state index contributed by atoms with van der Waals surface area (Å²) in [4.78, 5) is 0. The average Bonchev–Trinajstić information content (AvgIpc) is 3.07. The van der Waals surface area contributed by atoms with Gasteiger partial charge in [0, 0.05) is 0 Å². The number of unbranched alkanes of at least 4 members (excludes halogenated alkanes) is 4. The highest BCUT2D eigenvalue weighted by Gasteiger charge is 2.75. The fraction of sp³-hybridized carbons (Fsp3) is 0.700. The van der Waals surface area contributed by atoms with Crippen molar-refractivity contribution in [2.45, 2.75) is 89.4 Å². The normalized spacial score (nSPS) is 29.4. The summed E-state index contributed by atoms with van der Waals surface area (Å²) in [7, 11) is -2.57. The first-order valence-electron chi connectivity index (χ1n) is 9.49. The molecule has 1 saturated heterocycles. The largest absolute Gasteiger partial charge is 0.442 e. The molecule has 1 aromatic carbocycles. The third kappa shape index (κ3) is 3.85. The van der Waals surface area contributed by atoms with Gasteiger partial charge in [0.15, 0.2) is 0 Å². The predicted octanol–water partition coefficient (Wildman–Crippen LogP) is 7.04. The van der Waals surface area contributed by atoms with Crippen molar-refractivity contribution >= 4 is 7.37 Å². The Labute approximate surface area is 142 Å². The van der Waals surface area contributed by atoms with Crippen LogP contribution < -0.4 is 4.52 Å². The van der Waals surface area contributed by atoms with E-state index in [1.165, 1.54) is 25.7 Å². The molecule has 0 radical (unpaired) electrons. The Morgan fingerprint density at radius 1 is 1.00 bits per heavy atom. The van der Waals surface area contributed by atoms with Crippen molar-refractivity contribution in [2.75, 3.05) is 0 Å². The van der Waals surface area contributed by atoms with Crippen LogP contribution in [0.15, 0.2) is 30.3 Å². The Hall–Kier alpha value is -0.750. The Balaban J connectivity index is 2.10. The highest BCUT2D eigenvalue weighted by Crippen LogP contribution is 2.85. The highest BCUT2D eigenvalue weighted by molar-refractivity contribution is 7.70. The van der Waals surface area contributed by atoms with Crippen LogP contribution in [-0.2, 0) is 4.57 Å². The molecule has 1 heterocycles. The lowest BCUT2D eigenvalue weighted by molar-refractivity contribution is 0.474. The summed E-state index contributed by atoms with van der Waals surface area (Å²) in [6.45, 7) is 6.64. The molecule has 1 fully saturated rings. The lowest BCUT2D eigenvalue weighted by atomic mass is 9.93. The summed E-state index contributed by atoms with van der Waals surface area (Å²) in [6.07, 6.45) is 10.4. The Morgan fingerprint density at radius 3 is 2.30 bits per heavy atom. The average molecular weight is 336 g/mol. The molecule has 3 heteroatoms. The standard InChI is InChI=1S/C20H33O2P/c1-4-7-9-13-16-19-20(6-3,17-8-5-2)23(19,21)22-18-14-11-10-12-15-18/h10-12,14-15,19H,4-9,13,16-17H2,1-3H3. The monoisotopic (exact) mass is 336 g/mol. The van der Waals surface area contributed by atoms with Crippen molar-refractivity contribution in [1.29, 1.82) is 0 Å². The van der Waals surface area contributed by atoms with Crippen LogP contribution in [0.5, 0.6) is 5.75 Å². The molecule has 3 unspecified atom stereocenters. The van der Waals surface area contributed by atoms with E-state index < -0.39 is 7.37 Å². The third-order valence-electron chi connectivity index (χ3n) is 5.47. The van der Waals surface area contributed by atoms with Crippen molar-refractivity contribution in [2.24, 2.45) is 0 Å². The third-order valence-corrected chi connectivity index (χ3v) is 9.34. The molecule has 0 aromatic heterocycles. The summed E-state index contributed by atoms with van der Waals surface area (Å²) >= 11 is 0. The van der Waals surface area contributed by atoms with Gasteiger partial charge in [0.05, 0.1) is 10.8 Å². The van der Waals surface area contributed by atoms with Gasteiger partial charge in [-0.3, -0.25) is 4.57 Å². The van der Waals surface area contributed by atoms with E-state index in [9.17, 15) is 4.57 Å². The molecule has 1 aliphatic heterocycles. The molecule has 0 spiro atoms. The predicted molar refractivity (Wildman–Crippen MR) is 99.8 cm³/mol. The number of benzene rings is 1. The topological polar surface area (TPSA) is 26.3 Å². The second kappa shape index (κ2) is 8.38. The maximum Gasteiger partial charge on any atom is 0.258 e. The van der Waals surface area contributed by atoms with Crippen LogP contribution >= 0.6 is 7.37 Å². The summed E-state index contributed by atoms with van der Waals surface area (Å²) in [6, 6.07) is 9.77. The lowest BCUT2D eigenvalue weighted by Crippen LogP contribution is -2.13. The molecule has 2 rings (SSSR count). The lowest BCUT2D eigenvalue weighted by Gasteiger charge is -2.14. The van der Waals surface area contributed by atoms with Gasteiger partial charge in [-0.05, 0) is 31.4 Å². The van der Waals surface area contributed by atoms with Crippen LogP contribution in [0.4, 0.5) is 0 Å². The minimum Gasteiger partial charge on any atom is -0.442 e. The maximum absolute atomic E-state index is 13.7. The van der Waals surface area contributed by atoms with Crippen LogP contribution in [0.25, 0.3) is 0 Å². The zero-order chi connectivity index (χ0) is 16.8. The molecule has 3 atom stereocenters. The summed E-state index contributed by atoms with van der Waals surface area (Å²) in [5.74, 6) is 0.779. The molecular formula is C20H33O2P. The molecule has 1 aromatic rings. The second-order valence-corrected chi connectivity index (χ2v) is 9.82. The van der Waals surface area contributed by atoms with E-state index in [4.69, 9.17) is 4.52 Å². The summed E-state index contributed by atoms with van der Waals surface area (Å²) in [5.41, 5.74) is 0.281. The number of hydrogen-bond acceptors (Lipinski definition) is 2. The SMILES string of the molecule is CCCCCCC1C(CC)(CCCC)P1(=O)Oc1ccccc1. The van der Waals surface area contributed by atoms with Gasteiger partial charge in [-0.15, -0.1) is 0 Å². The highest BCUT2D eigenvalue weighted by atomic mass is 31.2. The van der Waals surface area contributed by atoms with Crippen molar-refractivity contribution in [3.8, 4) is 5.75 Å². The van der Waals surface area contributed by atoms with E-state index in [2.05, 4.69) is 20.8 Å². The number of hydrogen-bond donors (Lipinski definition) is 0. The van der Waals surface area contributed by atoms with Gasteiger partial charge in [0.1, 0.15) is 5.75 Å². The molecule has 0 amide bonds. The van der Waals surface area contributed by atoms with E-state index in [1.807, 2.05) is 30.3 Å². The van der Waals surface area contributed by atoms with Gasteiger partial charge in [-0.1, -0.05) is 77.5 Å². The molecule has 0 saturated carbocycles. The fourth-order valence-electron chi connectivity index (χ4n) is 3.98. The molecular weight excluding hydrogens is 303 g/mol. The van der Waals surface area contributed by atoms with E-state index in [0.29, 0.717) is 0 Å². The van der Waals surface area contributed by atoms with Gasteiger partial charge in [0.2, 0.25) is 0 Å². The van der Waals surface area contributed by atoms with Crippen LogP contribution in [0.3, 0.4) is 0 Å². The van der Waals surface area contributed by atoms with Crippen molar-refractivity contribution < 1.29 is 9.09 Å². The van der Waals surface area contributed by atoms with Crippen LogP contribution in [0.2, 0.25) is 0 Å². The van der Waals surface area contributed by atoms with Crippen molar-refractivity contribution in [3.63, 3.8) is 0 Å². The van der Waals surface area contributed by atoms with Gasteiger partial charge in [-0.2, -0.15) is 0 Å². The minimum atomic E-state index is -2.57. The zero-order valence-electron chi connectivity index (χ0n) is 15.1. The number of rotatable bonds is 11. The summed E-state index contributed by atoms with van der Waals surface area (Å²) < 4.78 is 19.8. The Bertz CT molecular complexity index is 514. The molecule has 2 nitrogen and oxygen atoms in total. The second-order valence-electron chi connectivity index (χ2n) is 6.93. The smallest absolute Gasteiger partial charge is 0.258 e. The Kier molecular flexibility index (Phi) is 6.77. The summed E-state index contributed by atoms with van der Waals surface area (Å²) in [5, 5.41) is -0.0505.